The molecule has 1 atom stereocenters. The number of carbonyl (C=O) groups is 2. The Balaban J connectivity index is 1.57. The lowest BCUT2D eigenvalue weighted by molar-refractivity contribution is -0.119. The van der Waals surface area contributed by atoms with Gasteiger partial charge in [0.1, 0.15) is 11.8 Å². The molecule has 2 aliphatic rings. The smallest absolute Gasteiger partial charge is 0.268 e. The Hall–Kier alpha value is -3.15. The minimum absolute atomic E-state index is 0.209. The van der Waals surface area contributed by atoms with E-state index in [1.54, 1.807) is 5.01 Å². The van der Waals surface area contributed by atoms with Crippen LogP contribution in [0.4, 0.5) is 5.69 Å². The number of benzene rings is 2. The molecule has 1 aliphatic carbocycles. The molecule has 138 valence electrons. The van der Waals surface area contributed by atoms with Crippen molar-refractivity contribution in [2.75, 3.05) is 5.01 Å². The van der Waals surface area contributed by atoms with Gasteiger partial charge in [-0.05, 0) is 37.0 Å². The largest absolute Gasteiger partial charge is 0.368 e. The van der Waals surface area contributed by atoms with Gasteiger partial charge < -0.3 is 11.1 Å². The quantitative estimate of drug-likeness (QED) is 0.855. The molecule has 1 saturated carbocycles. The number of nitrogens with zero attached hydrogens (tertiary/aromatic N) is 2. The monoisotopic (exact) mass is 362 g/mol. The van der Waals surface area contributed by atoms with E-state index >= 15 is 0 Å². The second-order valence-corrected chi connectivity index (χ2v) is 7.10. The molecule has 0 aromatic heterocycles. The molecular weight excluding hydrogens is 340 g/mol. The van der Waals surface area contributed by atoms with E-state index in [1.165, 1.54) is 0 Å². The SMILES string of the molecule is NC(=O)C1CC(C(=O)NC2(c3ccccc3)CCC2)=NN1c1ccccc1. The number of amides is 2. The standard InChI is InChI=1S/C21H22N4O2/c22-19(26)18-14-17(24-25(18)16-10-5-2-6-11-16)20(27)23-21(12-7-13-21)15-8-3-1-4-9-15/h1-6,8-11,18H,7,12-14H2,(H2,22,26)(H,23,27). The Morgan fingerprint density at radius 3 is 2.22 bits per heavy atom. The van der Waals surface area contributed by atoms with Crippen LogP contribution in [0.2, 0.25) is 0 Å². The number of hydrogen-bond acceptors (Lipinski definition) is 4. The first-order valence-corrected chi connectivity index (χ1v) is 9.18. The summed E-state index contributed by atoms with van der Waals surface area (Å²) in [5.74, 6) is -0.727. The van der Waals surface area contributed by atoms with Crippen molar-refractivity contribution in [2.24, 2.45) is 10.8 Å². The number of anilines is 1. The average Bonchev–Trinajstić information content (AvgIpc) is 3.12. The summed E-state index contributed by atoms with van der Waals surface area (Å²) in [5.41, 5.74) is 7.40. The van der Waals surface area contributed by atoms with Crippen LogP contribution < -0.4 is 16.1 Å². The lowest BCUT2D eigenvalue weighted by Crippen LogP contribution is -2.52. The maximum Gasteiger partial charge on any atom is 0.268 e. The molecule has 0 bridgehead atoms. The molecular formula is C21H22N4O2. The predicted octanol–water partition coefficient (Wildman–Crippen LogP) is 2.30. The highest BCUT2D eigenvalue weighted by Gasteiger charge is 2.42. The van der Waals surface area contributed by atoms with Crippen molar-refractivity contribution in [1.29, 1.82) is 0 Å². The zero-order valence-electron chi connectivity index (χ0n) is 15.0. The number of hydrogen-bond donors (Lipinski definition) is 2. The molecule has 0 radical (unpaired) electrons. The molecule has 3 N–H and O–H groups in total. The number of hydrazone groups is 1. The van der Waals surface area contributed by atoms with E-state index in [0.717, 1.165) is 30.5 Å². The summed E-state index contributed by atoms with van der Waals surface area (Å²) in [4.78, 5) is 24.9. The molecule has 1 heterocycles. The summed E-state index contributed by atoms with van der Waals surface area (Å²) in [5, 5.41) is 9.15. The summed E-state index contributed by atoms with van der Waals surface area (Å²) in [6.07, 6.45) is 3.08. The maximum atomic E-state index is 13.0. The highest BCUT2D eigenvalue weighted by molar-refractivity contribution is 6.40. The van der Waals surface area contributed by atoms with Crippen LogP contribution in [0.15, 0.2) is 65.8 Å². The first-order valence-electron chi connectivity index (χ1n) is 9.18. The average molecular weight is 362 g/mol. The van der Waals surface area contributed by atoms with Gasteiger partial charge in [-0.25, -0.2) is 0 Å². The molecule has 6 heteroatoms. The maximum absolute atomic E-state index is 13.0. The minimum Gasteiger partial charge on any atom is -0.368 e. The van der Waals surface area contributed by atoms with Crippen LogP contribution in [0.3, 0.4) is 0 Å². The lowest BCUT2D eigenvalue weighted by atomic mass is 9.71. The van der Waals surface area contributed by atoms with Gasteiger partial charge in [0.15, 0.2) is 0 Å². The molecule has 27 heavy (non-hydrogen) atoms. The Morgan fingerprint density at radius 2 is 1.67 bits per heavy atom. The van der Waals surface area contributed by atoms with Crippen molar-refractivity contribution in [1.82, 2.24) is 5.32 Å². The molecule has 2 aromatic carbocycles. The van der Waals surface area contributed by atoms with E-state index in [1.807, 2.05) is 60.7 Å². The zero-order chi connectivity index (χ0) is 18.9. The van der Waals surface area contributed by atoms with Crippen molar-refractivity contribution in [2.45, 2.75) is 37.3 Å². The second-order valence-electron chi connectivity index (χ2n) is 7.10. The first kappa shape index (κ1) is 17.3. The van der Waals surface area contributed by atoms with E-state index in [0.29, 0.717) is 5.71 Å². The molecule has 0 saturated heterocycles. The Morgan fingerprint density at radius 1 is 1.04 bits per heavy atom. The van der Waals surface area contributed by atoms with E-state index in [9.17, 15) is 9.59 Å². The van der Waals surface area contributed by atoms with Crippen molar-refractivity contribution < 1.29 is 9.59 Å². The molecule has 1 fully saturated rings. The van der Waals surface area contributed by atoms with Gasteiger partial charge in [0.2, 0.25) is 5.91 Å². The zero-order valence-corrected chi connectivity index (χ0v) is 15.0. The molecule has 1 aliphatic heterocycles. The van der Waals surface area contributed by atoms with E-state index in [4.69, 9.17) is 5.73 Å². The van der Waals surface area contributed by atoms with Gasteiger partial charge in [-0.1, -0.05) is 48.5 Å². The molecule has 4 rings (SSSR count). The number of nitrogens with one attached hydrogen (secondary N) is 1. The third kappa shape index (κ3) is 3.18. The molecule has 2 aromatic rings. The summed E-state index contributed by atoms with van der Waals surface area (Å²) in [6, 6.07) is 18.7. The summed E-state index contributed by atoms with van der Waals surface area (Å²) in [6.45, 7) is 0. The number of nitrogens with two attached hydrogens (primary N) is 1. The van der Waals surface area contributed by atoms with Crippen molar-refractivity contribution in [3.05, 3.63) is 66.2 Å². The Kier molecular flexibility index (Phi) is 4.39. The van der Waals surface area contributed by atoms with Crippen LogP contribution in [0.25, 0.3) is 0 Å². The fourth-order valence-electron chi connectivity index (χ4n) is 3.75. The third-order valence-electron chi connectivity index (χ3n) is 5.41. The minimum atomic E-state index is -0.651. The lowest BCUT2D eigenvalue weighted by Gasteiger charge is -2.43. The van der Waals surface area contributed by atoms with E-state index < -0.39 is 11.9 Å². The van der Waals surface area contributed by atoms with Crippen LogP contribution in [-0.4, -0.2) is 23.6 Å². The highest BCUT2D eigenvalue weighted by Crippen LogP contribution is 2.41. The topological polar surface area (TPSA) is 87.8 Å². The second kappa shape index (κ2) is 6.87. The van der Waals surface area contributed by atoms with E-state index in [2.05, 4.69) is 10.4 Å². The Labute approximate surface area is 158 Å². The van der Waals surface area contributed by atoms with Crippen LogP contribution in [0.1, 0.15) is 31.2 Å². The number of primary amides is 1. The highest BCUT2D eigenvalue weighted by atomic mass is 16.2. The van der Waals surface area contributed by atoms with E-state index in [-0.39, 0.29) is 17.9 Å². The van der Waals surface area contributed by atoms with Gasteiger partial charge in [-0.15, -0.1) is 0 Å². The van der Waals surface area contributed by atoms with Crippen LogP contribution in [-0.2, 0) is 15.1 Å². The number of carbonyl (C=O) groups excluding carboxylic acids is 2. The van der Waals surface area contributed by atoms with Gasteiger partial charge in [0.05, 0.1) is 11.2 Å². The van der Waals surface area contributed by atoms with Crippen LogP contribution in [0, 0.1) is 0 Å². The van der Waals surface area contributed by atoms with Gasteiger partial charge in [-0.3, -0.25) is 14.6 Å². The van der Waals surface area contributed by atoms with Crippen molar-refractivity contribution in [3.63, 3.8) is 0 Å². The van der Waals surface area contributed by atoms with Crippen LogP contribution in [0.5, 0.6) is 0 Å². The van der Waals surface area contributed by atoms with Gasteiger partial charge in [-0.2, -0.15) is 5.10 Å². The Bertz CT molecular complexity index is 876. The summed E-state index contributed by atoms with van der Waals surface area (Å²) >= 11 is 0. The fourth-order valence-corrected chi connectivity index (χ4v) is 3.75. The molecule has 2 amide bonds. The summed E-state index contributed by atoms with van der Waals surface area (Å²) in [7, 11) is 0. The third-order valence-corrected chi connectivity index (χ3v) is 5.41. The number of para-hydroxylation sites is 1. The van der Waals surface area contributed by atoms with Crippen molar-refractivity contribution >= 4 is 23.2 Å². The number of rotatable bonds is 5. The summed E-state index contributed by atoms with van der Waals surface area (Å²) < 4.78 is 0. The normalized spacial score (nSPS) is 20.5. The first-order chi connectivity index (χ1) is 13.1. The fraction of sp³-hybridized carbons (Fsp3) is 0.286. The van der Waals surface area contributed by atoms with Gasteiger partial charge in [0.25, 0.3) is 5.91 Å². The molecule has 6 nitrogen and oxygen atoms in total. The predicted molar refractivity (Wildman–Crippen MR) is 104 cm³/mol. The van der Waals surface area contributed by atoms with Gasteiger partial charge in [0, 0.05) is 6.42 Å². The van der Waals surface area contributed by atoms with Crippen molar-refractivity contribution in [3.8, 4) is 0 Å². The molecule has 1 unspecified atom stereocenters. The molecule has 0 spiro atoms. The van der Waals surface area contributed by atoms with Gasteiger partial charge >= 0.3 is 0 Å². The van der Waals surface area contributed by atoms with Crippen LogP contribution >= 0.6 is 0 Å².